The summed E-state index contributed by atoms with van der Waals surface area (Å²) in [4.78, 5) is 0. The van der Waals surface area contributed by atoms with Crippen LogP contribution >= 0.6 is 0 Å². The van der Waals surface area contributed by atoms with E-state index in [0.717, 1.165) is 24.5 Å². The van der Waals surface area contributed by atoms with Gasteiger partial charge in [0.05, 0.1) is 30.8 Å². The highest BCUT2D eigenvalue weighted by Gasteiger charge is 2.13. The Kier molecular flexibility index (Phi) is 2.62. The molecule has 0 amide bonds. The second kappa shape index (κ2) is 4.27. The van der Waals surface area contributed by atoms with Crippen molar-refractivity contribution in [2.24, 2.45) is 0 Å². The lowest BCUT2D eigenvalue weighted by atomic mass is 10.1. The number of hydrogen-bond acceptors (Lipinski definition) is 4. The lowest BCUT2D eigenvalue weighted by Crippen LogP contribution is -2.11. The van der Waals surface area contributed by atoms with Gasteiger partial charge < -0.3 is 10.1 Å². The van der Waals surface area contributed by atoms with Crippen LogP contribution in [-0.2, 0) is 24.5 Å². The molecule has 2 heterocycles. The highest BCUT2D eigenvalue weighted by Crippen LogP contribution is 2.22. The smallest absolute Gasteiger partial charge is 0.0783 e. The maximum Gasteiger partial charge on any atom is 0.0783 e. The fourth-order valence-electron chi connectivity index (χ4n) is 2.07. The highest BCUT2D eigenvalue weighted by atomic mass is 16.5. The zero-order valence-electron chi connectivity index (χ0n) is 9.68. The van der Waals surface area contributed by atoms with Gasteiger partial charge in [0.15, 0.2) is 0 Å². The van der Waals surface area contributed by atoms with Gasteiger partial charge in [0.25, 0.3) is 0 Å². The van der Waals surface area contributed by atoms with Gasteiger partial charge in [-0.3, -0.25) is 0 Å². The van der Waals surface area contributed by atoms with Crippen LogP contribution in [0.15, 0.2) is 24.4 Å². The van der Waals surface area contributed by atoms with Crippen LogP contribution in [0.5, 0.6) is 0 Å². The molecule has 0 radical (unpaired) electrons. The molecule has 3 rings (SSSR count). The molecule has 1 aromatic heterocycles. The Morgan fingerprint density at radius 3 is 3.12 bits per heavy atom. The Bertz CT molecular complexity index is 535. The Labute approximate surface area is 99.4 Å². The highest BCUT2D eigenvalue weighted by molar-refractivity contribution is 5.41. The van der Waals surface area contributed by atoms with Gasteiger partial charge in [-0.15, -0.1) is 5.10 Å². The van der Waals surface area contributed by atoms with E-state index in [2.05, 4.69) is 33.8 Å². The van der Waals surface area contributed by atoms with Crippen LogP contribution in [-0.4, -0.2) is 22.0 Å². The third-order valence-electron chi connectivity index (χ3n) is 2.93. The molecule has 0 saturated heterocycles. The standard InChI is InChI=1S/C12H14N4O/c1-13-5-12-6-14-15-16(12)11-3-2-9-7-17-8-10(9)4-11/h2-4,6,13H,5,7-8H2,1H3. The zero-order chi connectivity index (χ0) is 11.7. The number of fused-ring (bicyclic) bond motifs is 1. The van der Waals surface area contributed by atoms with E-state index in [9.17, 15) is 0 Å². The minimum absolute atomic E-state index is 0.694. The van der Waals surface area contributed by atoms with Crippen molar-refractivity contribution < 1.29 is 4.74 Å². The van der Waals surface area contributed by atoms with Crippen molar-refractivity contribution in [1.29, 1.82) is 0 Å². The van der Waals surface area contributed by atoms with Crippen molar-refractivity contribution in [3.63, 3.8) is 0 Å². The summed E-state index contributed by atoms with van der Waals surface area (Å²) in [7, 11) is 1.91. The number of nitrogens with one attached hydrogen (secondary N) is 1. The normalized spacial score (nSPS) is 13.9. The van der Waals surface area contributed by atoms with E-state index in [4.69, 9.17) is 4.74 Å². The molecule has 0 fully saturated rings. The average molecular weight is 230 g/mol. The van der Waals surface area contributed by atoms with Gasteiger partial charge in [-0.05, 0) is 30.3 Å². The fourth-order valence-corrected chi connectivity index (χ4v) is 2.07. The van der Waals surface area contributed by atoms with Crippen molar-refractivity contribution in [3.05, 3.63) is 41.2 Å². The van der Waals surface area contributed by atoms with E-state index in [1.54, 1.807) is 6.20 Å². The number of benzene rings is 1. The quantitative estimate of drug-likeness (QED) is 0.855. The summed E-state index contributed by atoms with van der Waals surface area (Å²) in [6.07, 6.45) is 1.78. The summed E-state index contributed by atoms with van der Waals surface area (Å²) < 4.78 is 7.26. The summed E-state index contributed by atoms with van der Waals surface area (Å²) in [5, 5.41) is 11.2. The van der Waals surface area contributed by atoms with Gasteiger partial charge in [-0.25, -0.2) is 4.68 Å². The Balaban J connectivity index is 2.00. The molecule has 5 nitrogen and oxygen atoms in total. The topological polar surface area (TPSA) is 52.0 Å². The number of rotatable bonds is 3. The lowest BCUT2D eigenvalue weighted by molar-refractivity contribution is 0.134. The molecule has 2 aromatic rings. The van der Waals surface area contributed by atoms with Gasteiger partial charge in [-0.2, -0.15) is 0 Å². The van der Waals surface area contributed by atoms with Crippen LogP contribution in [0.3, 0.4) is 0 Å². The molecule has 0 spiro atoms. The first-order valence-corrected chi connectivity index (χ1v) is 5.62. The predicted molar refractivity (Wildman–Crippen MR) is 62.6 cm³/mol. The van der Waals surface area contributed by atoms with Crippen LogP contribution in [0, 0.1) is 0 Å². The maximum absolute atomic E-state index is 5.41. The molecule has 1 aliphatic heterocycles. The van der Waals surface area contributed by atoms with Crippen molar-refractivity contribution >= 4 is 0 Å². The summed E-state index contributed by atoms with van der Waals surface area (Å²) in [6, 6.07) is 6.28. The molecule has 0 saturated carbocycles. The second-order valence-corrected chi connectivity index (χ2v) is 4.11. The minimum atomic E-state index is 0.694. The summed E-state index contributed by atoms with van der Waals surface area (Å²) in [5.74, 6) is 0. The fraction of sp³-hybridized carbons (Fsp3) is 0.333. The van der Waals surface area contributed by atoms with E-state index >= 15 is 0 Å². The maximum atomic E-state index is 5.41. The SMILES string of the molecule is CNCc1cnnn1-c1ccc2c(c1)COC2. The first kappa shape index (κ1) is 10.4. The van der Waals surface area contributed by atoms with Gasteiger partial charge in [0, 0.05) is 6.54 Å². The van der Waals surface area contributed by atoms with E-state index in [1.807, 2.05) is 11.7 Å². The van der Waals surface area contributed by atoms with Crippen LogP contribution in [0.2, 0.25) is 0 Å². The molecule has 1 N–H and O–H groups in total. The van der Waals surface area contributed by atoms with Crippen LogP contribution in [0.25, 0.3) is 5.69 Å². The van der Waals surface area contributed by atoms with Crippen LogP contribution in [0.4, 0.5) is 0 Å². The van der Waals surface area contributed by atoms with Crippen molar-refractivity contribution in [2.75, 3.05) is 7.05 Å². The summed E-state index contributed by atoms with van der Waals surface area (Å²) in [6.45, 7) is 2.16. The average Bonchev–Trinajstić information content (AvgIpc) is 2.96. The zero-order valence-corrected chi connectivity index (χ0v) is 9.68. The molecule has 0 atom stereocenters. The van der Waals surface area contributed by atoms with E-state index in [-0.39, 0.29) is 0 Å². The van der Waals surface area contributed by atoms with Gasteiger partial charge in [-0.1, -0.05) is 11.3 Å². The number of ether oxygens (including phenoxy) is 1. The van der Waals surface area contributed by atoms with Gasteiger partial charge >= 0.3 is 0 Å². The molecule has 17 heavy (non-hydrogen) atoms. The molecule has 1 aliphatic rings. The molecule has 0 unspecified atom stereocenters. The Hall–Kier alpha value is -1.72. The van der Waals surface area contributed by atoms with E-state index in [1.165, 1.54) is 11.1 Å². The minimum Gasteiger partial charge on any atom is -0.372 e. The van der Waals surface area contributed by atoms with Crippen molar-refractivity contribution in [2.45, 2.75) is 19.8 Å². The van der Waals surface area contributed by atoms with Gasteiger partial charge in [0.1, 0.15) is 0 Å². The molecular formula is C12H14N4O. The number of aromatic nitrogens is 3. The molecule has 5 heteroatoms. The van der Waals surface area contributed by atoms with Gasteiger partial charge in [0.2, 0.25) is 0 Å². The molecule has 88 valence electrons. The van der Waals surface area contributed by atoms with Crippen LogP contribution in [0.1, 0.15) is 16.8 Å². The molecular weight excluding hydrogens is 216 g/mol. The Morgan fingerprint density at radius 2 is 2.24 bits per heavy atom. The third-order valence-corrected chi connectivity index (χ3v) is 2.93. The summed E-state index contributed by atoms with van der Waals surface area (Å²) >= 11 is 0. The monoisotopic (exact) mass is 230 g/mol. The molecule has 0 bridgehead atoms. The lowest BCUT2D eigenvalue weighted by Gasteiger charge is -2.07. The third kappa shape index (κ3) is 1.83. The van der Waals surface area contributed by atoms with Crippen LogP contribution < -0.4 is 5.32 Å². The second-order valence-electron chi connectivity index (χ2n) is 4.11. The molecule has 1 aromatic carbocycles. The largest absolute Gasteiger partial charge is 0.372 e. The summed E-state index contributed by atoms with van der Waals surface area (Å²) in [5.41, 5.74) is 4.60. The first-order valence-electron chi connectivity index (χ1n) is 5.62. The molecule has 0 aliphatic carbocycles. The Morgan fingerprint density at radius 1 is 1.35 bits per heavy atom. The number of hydrogen-bond donors (Lipinski definition) is 1. The first-order chi connectivity index (χ1) is 8.38. The van der Waals surface area contributed by atoms with Crippen molar-refractivity contribution in [3.8, 4) is 5.69 Å². The van der Waals surface area contributed by atoms with E-state index in [0.29, 0.717) is 6.61 Å². The van der Waals surface area contributed by atoms with E-state index < -0.39 is 0 Å². The predicted octanol–water partition coefficient (Wildman–Crippen LogP) is 1.02. The van der Waals surface area contributed by atoms with Crippen molar-refractivity contribution in [1.82, 2.24) is 20.3 Å². The number of nitrogens with zero attached hydrogens (tertiary/aromatic N) is 3.